The van der Waals surface area contributed by atoms with Gasteiger partial charge in [0.15, 0.2) is 0 Å². The Hall–Kier alpha value is -2.40. The van der Waals surface area contributed by atoms with Crippen molar-refractivity contribution in [1.82, 2.24) is 0 Å². The molecule has 2 rings (SSSR count). The summed E-state index contributed by atoms with van der Waals surface area (Å²) in [7, 11) is 0. The molecule has 0 fully saturated rings. The zero-order chi connectivity index (χ0) is 14.7. The molecule has 0 aliphatic heterocycles. The summed E-state index contributed by atoms with van der Waals surface area (Å²) in [5, 5.41) is 13.3. The Morgan fingerprint density at radius 1 is 1.20 bits per heavy atom. The number of para-hydroxylation sites is 1. The lowest BCUT2D eigenvalue weighted by atomic mass is 10.1. The van der Waals surface area contributed by atoms with E-state index in [1.807, 2.05) is 19.1 Å². The first-order valence-electron chi connectivity index (χ1n) is 5.80. The number of nitro groups is 1. The minimum Gasteiger partial charge on any atom is -0.322 e. The van der Waals surface area contributed by atoms with Crippen molar-refractivity contribution in [2.75, 3.05) is 5.32 Å². The number of carbonyl (C=O) groups is 1. The van der Waals surface area contributed by atoms with E-state index in [2.05, 4.69) is 5.32 Å². The highest BCUT2D eigenvalue weighted by Crippen LogP contribution is 2.28. The third-order valence-corrected chi connectivity index (χ3v) is 3.21. The van der Waals surface area contributed by atoms with Gasteiger partial charge in [0.1, 0.15) is 5.02 Å². The lowest BCUT2D eigenvalue weighted by Crippen LogP contribution is -2.13. The highest BCUT2D eigenvalue weighted by molar-refractivity contribution is 6.36. The van der Waals surface area contributed by atoms with Gasteiger partial charge in [0, 0.05) is 11.8 Å². The topological polar surface area (TPSA) is 72.2 Å². The van der Waals surface area contributed by atoms with Gasteiger partial charge >= 0.3 is 0 Å². The first kappa shape index (κ1) is 14.0. The maximum absolute atomic E-state index is 12.1. The fourth-order valence-corrected chi connectivity index (χ4v) is 2.02. The van der Waals surface area contributed by atoms with Gasteiger partial charge in [-0.25, -0.2) is 0 Å². The SMILES string of the molecule is Cc1ccccc1NC(=O)c1cccc([N+](=O)[O-])c1Cl. The van der Waals surface area contributed by atoms with Crippen LogP contribution in [0.3, 0.4) is 0 Å². The predicted octanol–water partition coefficient (Wildman–Crippen LogP) is 3.81. The van der Waals surface area contributed by atoms with Crippen LogP contribution in [-0.4, -0.2) is 10.8 Å². The number of carbonyl (C=O) groups excluding carboxylic acids is 1. The van der Waals surface area contributed by atoms with E-state index in [1.165, 1.54) is 18.2 Å². The standard InChI is InChI=1S/C14H11ClN2O3/c1-9-5-2-3-7-11(9)16-14(18)10-6-4-8-12(13(10)15)17(19)20/h2-8H,1H3,(H,16,18). The molecule has 0 bridgehead atoms. The Kier molecular flexibility index (Phi) is 4.00. The number of nitrogens with zero attached hydrogens (tertiary/aromatic N) is 1. The Bertz CT molecular complexity index is 686. The average Bonchev–Trinajstić information content (AvgIpc) is 2.41. The third kappa shape index (κ3) is 2.78. The first-order valence-corrected chi connectivity index (χ1v) is 6.18. The summed E-state index contributed by atoms with van der Waals surface area (Å²) in [5.74, 6) is -0.479. The number of hydrogen-bond donors (Lipinski definition) is 1. The van der Waals surface area contributed by atoms with Crippen molar-refractivity contribution >= 4 is 28.9 Å². The Labute approximate surface area is 120 Å². The highest BCUT2D eigenvalue weighted by atomic mass is 35.5. The van der Waals surface area contributed by atoms with Gasteiger partial charge in [-0.2, -0.15) is 0 Å². The van der Waals surface area contributed by atoms with Crippen molar-refractivity contribution in [2.24, 2.45) is 0 Å². The number of hydrogen-bond acceptors (Lipinski definition) is 3. The molecule has 0 heterocycles. The maximum atomic E-state index is 12.1. The van der Waals surface area contributed by atoms with E-state index in [-0.39, 0.29) is 16.3 Å². The Morgan fingerprint density at radius 2 is 1.90 bits per heavy atom. The van der Waals surface area contributed by atoms with E-state index in [9.17, 15) is 14.9 Å². The predicted molar refractivity (Wildman–Crippen MR) is 77.2 cm³/mol. The molecule has 0 aromatic heterocycles. The van der Waals surface area contributed by atoms with Gasteiger partial charge in [0.05, 0.1) is 10.5 Å². The average molecular weight is 291 g/mol. The number of amides is 1. The first-order chi connectivity index (χ1) is 9.50. The van der Waals surface area contributed by atoms with E-state index in [0.29, 0.717) is 5.69 Å². The molecule has 0 aliphatic carbocycles. The summed E-state index contributed by atoms with van der Waals surface area (Å²) in [5.41, 5.74) is 1.32. The lowest BCUT2D eigenvalue weighted by Gasteiger charge is -2.09. The summed E-state index contributed by atoms with van der Waals surface area (Å²) in [4.78, 5) is 22.3. The quantitative estimate of drug-likeness (QED) is 0.690. The Balaban J connectivity index is 2.33. The minimum atomic E-state index is -0.618. The molecule has 0 unspecified atom stereocenters. The van der Waals surface area contributed by atoms with Crippen LogP contribution in [0.1, 0.15) is 15.9 Å². The lowest BCUT2D eigenvalue weighted by molar-refractivity contribution is -0.384. The molecule has 1 amide bonds. The van der Waals surface area contributed by atoms with Crippen molar-refractivity contribution in [1.29, 1.82) is 0 Å². The molecule has 0 atom stereocenters. The van der Waals surface area contributed by atoms with E-state index in [1.54, 1.807) is 12.1 Å². The normalized spacial score (nSPS) is 10.1. The van der Waals surface area contributed by atoms with Gasteiger partial charge in [0.25, 0.3) is 11.6 Å². The zero-order valence-electron chi connectivity index (χ0n) is 10.6. The van der Waals surface area contributed by atoms with Gasteiger partial charge in [-0.15, -0.1) is 0 Å². The van der Waals surface area contributed by atoms with E-state index in [4.69, 9.17) is 11.6 Å². The van der Waals surface area contributed by atoms with E-state index < -0.39 is 10.8 Å². The van der Waals surface area contributed by atoms with Crippen molar-refractivity contribution in [3.05, 3.63) is 68.7 Å². The third-order valence-electron chi connectivity index (χ3n) is 2.81. The molecule has 0 aliphatic rings. The van der Waals surface area contributed by atoms with Crippen LogP contribution < -0.4 is 5.32 Å². The van der Waals surface area contributed by atoms with Crippen molar-refractivity contribution in [2.45, 2.75) is 6.92 Å². The van der Waals surface area contributed by atoms with Crippen LogP contribution >= 0.6 is 11.6 Å². The number of aryl methyl sites for hydroxylation is 1. The highest BCUT2D eigenvalue weighted by Gasteiger charge is 2.20. The molecule has 0 radical (unpaired) electrons. The second-order valence-corrected chi connectivity index (χ2v) is 4.54. The largest absolute Gasteiger partial charge is 0.322 e. The van der Waals surface area contributed by atoms with Crippen LogP contribution in [0.2, 0.25) is 5.02 Å². The molecule has 20 heavy (non-hydrogen) atoms. The van der Waals surface area contributed by atoms with E-state index in [0.717, 1.165) is 5.56 Å². The summed E-state index contributed by atoms with van der Waals surface area (Å²) in [6.45, 7) is 1.85. The van der Waals surface area contributed by atoms with Gasteiger partial charge in [-0.3, -0.25) is 14.9 Å². The smallest absolute Gasteiger partial charge is 0.288 e. The number of halogens is 1. The number of anilines is 1. The monoisotopic (exact) mass is 290 g/mol. The van der Waals surface area contributed by atoms with Crippen LogP contribution in [0.25, 0.3) is 0 Å². The molecule has 1 N–H and O–H groups in total. The zero-order valence-corrected chi connectivity index (χ0v) is 11.3. The molecular formula is C14H11ClN2O3. The van der Waals surface area contributed by atoms with Gasteiger partial charge < -0.3 is 5.32 Å². The van der Waals surface area contributed by atoms with Crippen LogP contribution in [0, 0.1) is 17.0 Å². The van der Waals surface area contributed by atoms with Crippen molar-refractivity contribution in [3.8, 4) is 0 Å². The molecule has 2 aromatic carbocycles. The molecule has 102 valence electrons. The molecule has 5 nitrogen and oxygen atoms in total. The summed E-state index contributed by atoms with van der Waals surface area (Å²) in [6, 6.07) is 11.4. The second-order valence-electron chi connectivity index (χ2n) is 4.16. The number of benzene rings is 2. The molecular weight excluding hydrogens is 280 g/mol. The van der Waals surface area contributed by atoms with Crippen molar-refractivity contribution in [3.63, 3.8) is 0 Å². The van der Waals surface area contributed by atoms with Crippen LogP contribution in [-0.2, 0) is 0 Å². The van der Waals surface area contributed by atoms with Gasteiger partial charge in [0.2, 0.25) is 0 Å². The molecule has 6 heteroatoms. The number of nitrogens with one attached hydrogen (secondary N) is 1. The summed E-state index contributed by atoms with van der Waals surface area (Å²) >= 11 is 5.90. The Morgan fingerprint density at radius 3 is 2.55 bits per heavy atom. The van der Waals surface area contributed by atoms with E-state index >= 15 is 0 Å². The van der Waals surface area contributed by atoms with Crippen molar-refractivity contribution < 1.29 is 9.72 Å². The maximum Gasteiger partial charge on any atom is 0.288 e. The van der Waals surface area contributed by atoms with Crippen LogP contribution in [0.4, 0.5) is 11.4 Å². The second kappa shape index (κ2) is 5.71. The molecule has 0 saturated heterocycles. The molecule has 0 saturated carbocycles. The van der Waals surface area contributed by atoms with Gasteiger partial charge in [-0.1, -0.05) is 35.9 Å². The molecule has 2 aromatic rings. The number of nitro benzene ring substituents is 1. The molecule has 0 spiro atoms. The fraction of sp³-hybridized carbons (Fsp3) is 0.0714. The van der Waals surface area contributed by atoms with Crippen LogP contribution in [0.15, 0.2) is 42.5 Å². The summed E-state index contributed by atoms with van der Waals surface area (Å²) in [6.07, 6.45) is 0. The fourth-order valence-electron chi connectivity index (χ4n) is 1.74. The minimum absolute atomic E-state index is 0.0733. The van der Waals surface area contributed by atoms with Gasteiger partial charge in [-0.05, 0) is 24.6 Å². The summed E-state index contributed by atoms with van der Waals surface area (Å²) < 4.78 is 0. The van der Waals surface area contributed by atoms with Crippen LogP contribution in [0.5, 0.6) is 0 Å². The number of rotatable bonds is 3.